The van der Waals surface area contributed by atoms with E-state index in [9.17, 15) is 4.79 Å². The number of piperazine rings is 1. The smallest absolute Gasteiger partial charge is 0.318 e. The van der Waals surface area contributed by atoms with E-state index < -0.39 is 0 Å². The fourth-order valence-electron chi connectivity index (χ4n) is 5.90. The minimum Gasteiger partial charge on any atom is -0.467 e. The van der Waals surface area contributed by atoms with Crippen molar-refractivity contribution >= 4 is 28.2 Å². The van der Waals surface area contributed by atoms with Crippen LogP contribution in [0, 0.1) is 30.1 Å². The average molecular weight is 612 g/mol. The monoisotopic (exact) mass is 611 g/mol. The number of hydrogen-bond donors (Lipinski definition) is 0. The van der Waals surface area contributed by atoms with Gasteiger partial charge in [-0.3, -0.25) is 4.79 Å². The number of hydrogen-bond acceptors (Lipinski definition) is 8. The molecule has 1 aromatic heterocycles. The van der Waals surface area contributed by atoms with Crippen LogP contribution >= 0.6 is 0 Å². The lowest BCUT2D eigenvalue weighted by molar-refractivity contribution is -0.125. The zero-order chi connectivity index (χ0) is 32.8. The van der Waals surface area contributed by atoms with Gasteiger partial charge in [0.25, 0.3) is 5.91 Å². The summed E-state index contributed by atoms with van der Waals surface area (Å²) in [5.74, 6) is 6.17. The highest BCUT2D eigenvalue weighted by Crippen LogP contribution is 2.35. The van der Waals surface area contributed by atoms with Crippen LogP contribution in [-0.4, -0.2) is 85.6 Å². The molecular weight excluding hydrogens is 562 g/mol. The highest BCUT2D eigenvalue weighted by Gasteiger charge is 2.29. The molecule has 9 heteroatoms. The van der Waals surface area contributed by atoms with Gasteiger partial charge in [0.2, 0.25) is 0 Å². The van der Waals surface area contributed by atoms with Crippen LogP contribution in [-0.2, 0) is 17.8 Å². The maximum Gasteiger partial charge on any atom is 0.318 e. The lowest BCUT2D eigenvalue weighted by Gasteiger charge is -2.37. The number of aromatic nitrogens is 2. The van der Waals surface area contributed by atoms with Gasteiger partial charge in [-0.15, -0.1) is 0 Å². The van der Waals surface area contributed by atoms with Gasteiger partial charge < -0.3 is 24.3 Å². The first-order valence-electron chi connectivity index (χ1n) is 16.0. The van der Waals surface area contributed by atoms with Gasteiger partial charge in [-0.05, 0) is 76.2 Å². The van der Waals surface area contributed by atoms with E-state index >= 15 is 0 Å². The first-order valence-corrected chi connectivity index (χ1v) is 16.0. The molecule has 45 heavy (non-hydrogen) atoms. The van der Waals surface area contributed by atoms with Gasteiger partial charge in [0.1, 0.15) is 5.82 Å². The molecular formula is C36H49N7O2. The van der Waals surface area contributed by atoms with E-state index in [0.29, 0.717) is 25.6 Å². The number of aryl methyl sites for hydroxylation is 1. The predicted octanol–water partition coefficient (Wildman–Crippen LogP) is 5.45. The second kappa shape index (κ2) is 17.8. The third-order valence-electron chi connectivity index (χ3n) is 8.07. The zero-order valence-corrected chi connectivity index (χ0v) is 28.2. The molecule has 3 aliphatic heterocycles. The summed E-state index contributed by atoms with van der Waals surface area (Å²) in [5, 5.41) is 9.87. The van der Waals surface area contributed by atoms with E-state index in [2.05, 4.69) is 76.9 Å². The minimum atomic E-state index is -0.106. The van der Waals surface area contributed by atoms with E-state index in [1.807, 2.05) is 18.7 Å². The Kier molecular flexibility index (Phi) is 13.9. The zero-order valence-electron chi connectivity index (χ0n) is 28.2. The SMILES string of the molecule is CC.CC#CC(=O)N1CCN(c2nc(OC)nc3c2CCN(c2cccc4cccc(C)c24)C3)CC1.CC#N.CN1CCCC1. The molecule has 0 bridgehead atoms. The van der Waals surface area contributed by atoms with Crippen LogP contribution in [0.2, 0.25) is 0 Å². The topological polar surface area (TPSA) is 88.8 Å². The van der Waals surface area contributed by atoms with Gasteiger partial charge in [0, 0.05) is 56.3 Å². The predicted molar refractivity (Wildman–Crippen MR) is 184 cm³/mol. The van der Waals surface area contributed by atoms with Crippen LogP contribution in [0.25, 0.3) is 10.8 Å². The number of benzene rings is 2. The van der Waals surface area contributed by atoms with Crippen molar-refractivity contribution in [3.63, 3.8) is 0 Å². The molecule has 4 heterocycles. The molecule has 1 amide bonds. The number of amides is 1. The van der Waals surface area contributed by atoms with Crippen LogP contribution in [0.4, 0.5) is 11.5 Å². The summed E-state index contributed by atoms with van der Waals surface area (Å²) < 4.78 is 5.48. The van der Waals surface area contributed by atoms with Gasteiger partial charge in [-0.2, -0.15) is 15.2 Å². The second-order valence-electron chi connectivity index (χ2n) is 11.0. The van der Waals surface area contributed by atoms with E-state index in [0.717, 1.165) is 37.6 Å². The first-order chi connectivity index (χ1) is 21.9. The Bertz CT molecular complexity index is 1500. The Hall–Kier alpha value is -4.34. The van der Waals surface area contributed by atoms with E-state index in [1.165, 1.54) is 60.4 Å². The van der Waals surface area contributed by atoms with Gasteiger partial charge in [0.05, 0.1) is 25.4 Å². The van der Waals surface area contributed by atoms with E-state index in [-0.39, 0.29) is 5.91 Å². The van der Waals surface area contributed by atoms with Crippen molar-refractivity contribution in [1.29, 1.82) is 5.26 Å². The van der Waals surface area contributed by atoms with Crippen molar-refractivity contribution in [2.24, 2.45) is 0 Å². The van der Waals surface area contributed by atoms with Crippen LogP contribution in [0.5, 0.6) is 6.01 Å². The van der Waals surface area contributed by atoms with Crippen molar-refractivity contribution in [2.75, 3.05) is 69.8 Å². The number of nitriles is 1. The van der Waals surface area contributed by atoms with Gasteiger partial charge >= 0.3 is 6.01 Å². The number of methoxy groups -OCH3 is 1. The minimum absolute atomic E-state index is 0.106. The molecule has 0 spiro atoms. The summed E-state index contributed by atoms with van der Waals surface area (Å²) in [6.45, 7) is 16.2. The van der Waals surface area contributed by atoms with Gasteiger partial charge in [-0.25, -0.2) is 0 Å². The number of carbonyl (C=O) groups excluding carboxylic acids is 1. The number of fused-ring (bicyclic) bond motifs is 2. The maximum atomic E-state index is 12.1. The molecule has 2 saturated heterocycles. The Morgan fingerprint density at radius 1 is 0.911 bits per heavy atom. The highest BCUT2D eigenvalue weighted by atomic mass is 16.5. The number of anilines is 2. The van der Waals surface area contributed by atoms with Crippen molar-refractivity contribution in [1.82, 2.24) is 19.8 Å². The quantitative estimate of drug-likeness (QED) is 0.362. The molecule has 3 aromatic rings. The number of likely N-dealkylation sites (tertiary alicyclic amines) is 1. The molecule has 0 atom stereocenters. The molecule has 0 N–H and O–H groups in total. The molecule has 2 aromatic carbocycles. The molecule has 0 saturated carbocycles. The lowest BCUT2D eigenvalue weighted by Crippen LogP contribution is -2.49. The molecule has 0 unspecified atom stereocenters. The maximum absolute atomic E-state index is 12.1. The van der Waals surface area contributed by atoms with Crippen LogP contribution < -0.4 is 14.5 Å². The Morgan fingerprint density at radius 2 is 1.56 bits per heavy atom. The summed E-state index contributed by atoms with van der Waals surface area (Å²) >= 11 is 0. The lowest BCUT2D eigenvalue weighted by atomic mass is 9.99. The number of rotatable bonds is 3. The Morgan fingerprint density at radius 3 is 2.13 bits per heavy atom. The number of ether oxygens (including phenoxy) is 1. The number of carbonyl (C=O) groups is 1. The van der Waals surface area contributed by atoms with Crippen LogP contribution in [0.15, 0.2) is 36.4 Å². The normalized spacial score (nSPS) is 15.5. The van der Waals surface area contributed by atoms with Gasteiger partial charge in [0.15, 0.2) is 0 Å². The van der Waals surface area contributed by atoms with Crippen LogP contribution in [0.3, 0.4) is 0 Å². The summed E-state index contributed by atoms with van der Waals surface area (Å²) in [6, 6.07) is 15.1. The molecule has 3 aliphatic rings. The fraction of sp³-hybridized carbons (Fsp3) is 0.500. The fourth-order valence-corrected chi connectivity index (χ4v) is 5.90. The van der Waals surface area contributed by atoms with Crippen LogP contribution in [0.1, 0.15) is 57.4 Å². The van der Waals surface area contributed by atoms with Crippen molar-refractivity contribution < 1.29 is 9.53 Å². The summed E-state index contributed by atoms with van der Waals surface area (Å²) in [4.78, 5) is 30.5. The molecule has 2 fully saturated rings. The molecule has 240 valence electrons. The molecule has 0 radical (unpaired) electrons. The Labute approximate surface area is 269 Å². The molecule has 0 aliphatic carbocycles. The summed E-state index contributed by atoms with van der Waals surface area (Å²) in [5.41, 5.74) is 4.71. The second-order valence-corrected chi connectivity index (χ2v) is 11.0. The van der Waals surface area contributed by atoms with E-state index in [4.69, 9.17) is 20.0 Å². The van der Waals surface area contributed by atoms with E-state index in [1.54, 1.807) is 20.1 Å². The van der Waals surface area contributed by atoms with Crippen molar-refractivity contribution in [3.8, 4) is 23.9 Å². The third kappa shape index (κ3) is 9.09. The third-order valence-corrected chi connectivity index (χ3v) is 8.07. The largest absolute Gasteiger partial charge is 0.467 e. The van der Waals surface area contributed by atoms with Crippen molar-refractivity contribution in [2.45, 2.75) is 60.4 Å². The Balaban J connectivity index is 0.000000432. The highest BCUT2D eigenvalue weighted by molar-refractivity contribution is 5.97. The number of nitrogens with zero attached hydrogens (tertiary/aromatic N) is 7. The summed E-state index contributed by atoms with van der Waals surface area (Å²) in [7, 11) is 3.78. The molecule has 9 nitrogen and oxygen atoms in total. The molecule has 6 rings (SSSR count). The average Bonchev–Trinajstić information content (AvgIpc) is 3.56. The van der Waals surface area contributed by atoms with Gasteiger partial charge in [-0.1, -0.05) is 50.1 Å². The standard InChI is InChI=1S/C27H29N5O2.C5H11N.C2H3N.C2H6/c1-4-7-24(33)30-14-16-31(17-15-30)26-21-12-13-32(18-22(21)28-27(29-26)34-3)23-11-6-10-20-9-5-8-19(2)25(20)23;1-6-4-2-3-5-6;1-2-3;1-2/h5-6,8-11H,12-18H2,1-3H3;2-5H2,1H3;1H3;1-2H3. The summed E-state index contributed by atoms with van der Waals surface area (Å²) in [6.07, 6.45) is 3.68. The van der Waals surface area contributed by atoms with Crippen molar-refractivity contribution in [3.05, 3.63) is 53.2 Å². The first kappa shape index (κ1) is 35.1.